The van der Waals surface area contributed by atoms with Crippen LogP contribution in [0.4, 0.5) is 0 Å². The summed E-state index contributed by atoms with van der Waals surface area (Å²) in [6, 6.07) is 17.6. The molecule has 2 atom stereocenters. The second kappa shape index (κ2) is 16.8. The largest absolute Gasteiger partial charge is 0.457 e. The normalized spacial score (nSPS) is 13.1. The number of rotatable bonds is 18. The molecule has 2 rings (SSSR count). The van der Waals surface area contributed by atoms with Crippen LogP contribution in [0.2, 0.25) is 0 Å². The summed E-state index contributed by atoms with van der Waals surface area (Å²) in [6.45, 7) is 9.23. The van der Waals surface area contributed by atoms with Gasteiger partial charge < -0.3 is 4.74 Å². The van der Waals surface area contributed by atoms with E-state index in [-0.39, 0.29) is 0 Å². The standard InChI is InChI=1S/C32H50O/c1-5-9-11-13-15-21-27(7-3)29-23-17-19-25-31(29)33-32-26-20-18-24-30(32)28(8-4)22-16-14-12-10-6-2/h17-20,23-28H,5-16,21-22H2,1-4H3. The molecule has 0 saturated heterocycles. The summed E-state index contributed by atoms with van der Waals surface area (Å²) in [7, 11) is 0. The smallest absolute Gasteiger partial charge is 0.130 e. The third-order valence-electron chi connectivity index (χ3n) is 7.24. The second-order valence-corrected chi connectivity index (χ2v) is 9.79. The molecule has 0 amide bonds. The quantitative estimate of drug-likeness (QED) is 0.205. The van der Waals surface area contributed by atoms with Crippen molar-refractivity contribution < 1.29 is 4.74 Å². The van der Waals surface area contributed by atoms with Gasteiger partial charge in [0.15, 0.2) is 0 Å². The van der Waals surface area contributed by atoms with Gasteiger partial charge in [-0.1, -0.05) is 128 Å². The Morgan fingerprint density at radius 2 is 0.909 bits per heavy atom. The van der Waals surface area contributed by atoms with E-state index in [9.17, 15) is 0 Å². The number of hydrogen-bond acceptors (Lipinski definition) is 1. The molecule has 0 heterocycles. The molecular weight excluding hydrogens is 400 g/mol. The lowest BCUT2D eigenvalue weighted by Gasteiger charge is -2.22. The first-order valence-corrected chi connectivity index (χ1v) is 14.1. The maximum atomic E-state index is 6.70. The first kappa shape index (κ1) is 27.5. The van der Waals surface area contributed by atoms with E-state index in [1.807, 2.05) is 0 Å². The van der Waals surface area contributed by atoms with E-state index in [0.717, 1.165) is 11.5 Å². The maximum Gasteiger partial charge on any atom is 0.130 e. The molecule has 0 saturated carbocycles. The summed E-state index contributed by atoms with van der Waals surface area (Å²) >= 11 is 0. The molecule has 0 aromatic heterocycles. The van der Waals surface area contributed by atoms with E-state index >= 15 is 0 Å². The average Bonchev–Trinajstić information content (AvgIpc) is 2.85. The van der Waals surface area contributed by atoms with Crippen molar-refractivity contribution in [2.45, 2.75) is 129 Å². The number of hydrogen-bond donors (Lipinski definition) is 0. The summed E-state index contributed by atoms with van der Waals surface area (Å²) in [5, 5.41) is 0. The van der Waals surface area contributed by atoms with Crippen LogP contribution in [0.3, 0.4) is 0 Å². The van der Waals surface area contributed by atoms with Gasteiger partial charge in [-0.2, -0.15) is 0 Å². The van der Waals surface area contributed by atoms with Gasteiger partial charge in [-0.25, -0.2) is 0 Å². The Kier molecular flexibility index (Phi) is 14.0. The molecule has 2 aromatic carbocycles. The summed E-state index contributed by atoms with van der Waals surface area (Å²) in [5.41, 5.74) is 2.77. The van der Waals surface area contributed by atoms with Crippen LogP contribution in [-0.4, -0.2) is 0 Å². The average molecular weight is 451 g/mol. The van der Waals surface area contributed by atoms with Crippen molar-refractivity contribution in [2.24, 2.45) is 0 Å². The molecule has 2 unspecified atom stereocenters. The van der Waals surface area contributed by atoms with E-state index in [0.29, 0.717) is 11.8 Å². The molecule has 33 heavy (non-hydrogen) atoms. The van der Waals surface area contributed by atoms with Gasteiger partial charge in [-0.05, 0) is 60.8 Å². The summed E-state index contributed by atoms with van der Waals surface area (Å²) in [4.78, 5) is 0. The highest BCUT2D eigenvalue weighted by Gasteiger charge is 2.18. The zero-order chi connectivity index (χ0) is 23.7. The predicted molar refractivity (Wildman–Crippen MR) is 146 cm³/mol. The minimum Gasteiger partial charge on any atom is -0.457 e. The third-order valence-corrected chi connectivity index (χ3v) is 7.24. The Morgan fingerprint density at radius 3 is 1.30 bits per heavy atom. The molecule has 184 valence electrons. The van der Waals surface area contributed by atoms with Crippen molar-refractivity contribution in [3.8, 4) is 11.5 Å². The van der Waals surface area contributed by atoms with Gasteiger partial charge in [0.2, 0.25) is 0 Å². The van der Waals surface area contributed by atoms with Gasteiger partial charge in [-0.3, -0.25) is 0 Å². The van der Waals surface area contributed by atoms with Gasteiger partial charge >= 0.3 is 0 Å². The van der Waals surface area contributed by atoms with Crippen LogP contribution >= 0.6 is 0 Å². The van der Waals surface area contributed by atoms with Crippen molar-refractivity contribution >= 4 is 0 Å². The molecule has 0 aliphatic carbocycles. The zero-order valence-corrected chi connectivity index (χ0v) is 22.1. The minimum absolute atomic E-state index is 0.579. The highest BCUT2D eigenvalue weighted by molar-refractivity contribution is 5.44. The third kappa shape index (κ3) is 9.55. The lowest BCUT2D eigenvalue weighted by atomic mass is 9.89. The maximum absolute atomic E-state index is 6.70. The number of benzene rings is 2. The molecule has 0 fully saturated rings. The van der Waals surface area contributed by atoms with E-state index in [4.69, 9.17) is 4.74 Å². The van der Waals surface area contributed by atoms with Crippen LogP contribution in [0.1, 0.15) is 141 Å². The highest BCUT2D eigenvalue weighted by Crippen LogP contribution is 2.39. The van der Waals surface area contributed by atoms with Gasteiger partial charge in [0, 0.05) is 0 Å². The van der Waals surface area contributed by atoms with Gasteiger partial charge in [0.1, 0.15) is 11.5 Å². The summed E-state index contributed by atoms with van der Waals surface area (Å²) in [6.07, 6.45) is 18.3. The molecule has 0 N–H and O–H groups in total. The second-order valence-electron chi connectivity index (χ2n) is 9.79. The van der Waals surface area contributed by atoms with Crippen LogP contribution in [0, 0.1) is 0 Å². The Morgan fingerprint density at radius 1 is 0.515 bits per heavy atom. The Balaban J connectivity index is 2.11. The Labute approximate surface area is 205 Å². The van der Waals surface area contributed by atoms with E-state index < -0.39 is 0 Å². The van der Waals surface area contributed by atoms with Gasteiger partial charge in [0.05, 0.1) is 0 Å². The fourth-order valence-corrected chi connectivity index (χ4v) is 5.09. The fraction of sp³-hybridized carbons (Fsp3) is 0.625. The zero-order valence-electron chi connectivity index (χ0n) is 22.1. The molecule has 2 aromatic rings. The summed E-state index contributed by atoms with van der Waals surface area (Å²) in [5.74, 6) is 3.28. The van der Waals surface area contributed by atoms with E-state index in [2.05, 4.69) is 76.2 Å². The molecule has 0 aliphatic heterocycles. The minimum atomic E-state index is 0.579. The number of unbranched alkanes of at least 4 members (excludes halogenated alkanes) is 8. The molecule has 0 bridgehead atoms. The number of para-hydroxylation sites is 2. The van der Waals surface area contributed by atoms with Crippen molar-refractivity contribution in [2.75, 3.05) is 0 Å². The van der Waals surface area contributed by atoms with E-state index in [1.54, 1.807) is 0 Å². The van der Waals surface area contributed by atoms with Crippen LogP contribution < -0.4 is 4.74 Å². The molecule has 1 nitrogen and oxygen atoms in total. The molecule has 0 radical (unpaired) electrons. The lowest BCUT2D eigenvalue weighted by molar-refractivity contribution is 0.442. The number of ether oxygens (including phenoxy) is 1. The first-order valence-electron chi connectivity index (χ1n) is 14.1. The van der Waals surface area contributed by atoms with Crippen LogP contribution in [0.25, 0.3) is 0 Å². The molecular formula is C32H50O. The topological polar surface area (TPSA) is 9.23 Å². The van der Waals surface area contributed by atoms with Crippen LogP contribution in [0.5, 0.6) is 11.5 Å². The Bertz CT molecular complexity index is 686. The van der Waals surface area contributed by atoms with Crippen molar-refractivity contribution in [1.29, 1.82) is 0 Å². The predicted octanol–water partition coefficient (Wildman–Crippen LogP) is 11.2. The van der Waals surface area contributed by atoms with Crippen molar-refractivity contribution in [3.05, 3.63) is 59.7 Å². The monoisotopic (exact) mass is 450 g/mol. The van der Waals surface area contributed by atoms with E-state index in [1.165, 1.54) is 101 Å². The fourth-order valence-electron chi connectivity index (χ4n) is 5.09. The molecule has 0 spiro atoms. The SMILES string of the molecule is CCCCCCCC(CC)c1ccccc1Oc1ccccc1C(CC)CCCCCCC. The van der Waals surface area contributed by atoms with Crippen molar-refractivity contribution in [3.63, 3.8) is 0 Å². The molecule has 0 aliphatic rings. The van der Waals surface area contributed by atoms with Gasteiger partial charge in [-0.15, -0.1) is 0 Å². The summed E-state index contributed by atoms with van der Waals surface area (Å²) < 4.78 is 6.70. The first-order chi connectivity index (χ1) is 16.2. The van der Waals surface area contributed by atoms with Crippen LogP contribution in [-0.2, 0) is 0 Å². The lowest BCUT2D eigenvalue weighted by Crippen LogP contribution is -2.04. The van der Waals surface area contributed by atoms with Crippen LogP contribution in [0.15, 0.2) is 48.5 Å². The highest BCUT2D eigenvalue weighted by atomic mass is 16.5. The van der Waals surface area contributed by atoms with Crippen molar-refractivity contribution in [1.82, 2.24) is 0 Å². The Hall–Kier alpha value is -1.76. The molecule has 1 heteroatoms. The van der Waals surface area contributed by atoms with Gasteiger partial charge in [0.25, 0.3) is 0 Å².